The fraction of sp³-hybridized carbons (Fsp3) is 0.667. The summed E-state index contributed by atoms with van der Waals surface area (Å²) < 4.78 is 1.72. The Morgan fingerprint density at radius 2 is 2.41 bits per heavy atom. The molecule has 1 aliphatic heterocycles. The lowest BCUT2D eigenvalue weighted by Crippen LogP contribution is -2.48. The molecule has 0 saturated carbocycles. The quantitative estimate of drug-likeness (QED) is 0.821. The van der Waals surface area contributed by atoms with E-state index in [0.717, 1.165) is 24.9 Å². The first-order valence-corrected chi connectivity index (χ1v) is 6.17. The Hall–Kier alpha value is -1.36. The number of rotatable bonds is 3. The smallest absolute Gasteiger partial charge is 0.227 e. The lowest BCUT2D eigenvalue weighted by atomic mass is 10.0. The molecule has 0 aliphatic carbocycles. The van der Waals surface area contributed by atoms with E-state index in [1.54, 1.807) is 10.9 Å². The summed E-state index contributed by atoms with van der Waals surface area (Å²) in [6.45, 7) is 1.42. The second-order valence-electron chi connectivity index (χ2n) is 4.67. The molecule has 0 radical (unpaired) electrons. The van der Waals surface area contributed by atoms with Crippen LogP contribution in [0.2, 0.25) is 0 Å². The average Bonchev–Trinajstić information content (AvgIpc) is 2.74. The molecular formula is C12H20N4O. The number of aromatic nitrogens is 2. The van der Waals surface area contributed by atoms with Crippen LogP contribution in [0.15, 0.2) is 12.4 Å². The van der Waals surface area contributed by atoms with Crippen LogP contribution in [0.1, 0.15) is 24.8 Å². The standard InChI is InChI=1S/C12H20N4O/c1-15-9-10(8-14-15)6-12(17)16-5-3-2-4-11(16)7-13/h8-9,11H,2-7,13H2,1H3. The maximum Gasteiger partial charge on any atom is 0.227 e. The average molecular weight is 236 g/mol. The van der Waals surface area contributed by atoms with Crippen LogP contribution < -0.4 is 5.73 Å². The summed E-state index contributed by atoms with van der Waals surface area (Å²) in [5.41, 5.74) is 6.69. The lowest BCUT2D eigenvalue weighted by molar-refractivity contribution is -0.133. The number of carbonyl (C=O) groups excluding carboxylic acids is 1. The third kappa shape index (κ3) is 2.85. The summed E-state index contributed by atoms with van der Waals surface area (Å²) >= 11 is 0. The highest BCUT2D eigenvalue weighted by Crippen LogP contribution is 2.17. The normalized spacial score (nSPS) is 20.6. The molecule has 0 spiro atoms. The van der Waals surface area contributed by atoms with Gasteiger partial charge < -0.3 is 10.6 Å². The van der Waals surface area contributed by atoms with E-state index in [0.29, 0.717) is 13.0 Å². The third-order valence-corrected chi connectivity index (χ3v) is 3.33. The zero-order valence-electron chi connectivity index (χ0n) is 10.3. The summed E-state index contributed by atoms with van der Waals surface area (Å²) in [6.07, 6.45) is 7.38. The van der Waals surface area contributed by atoms with Crippen LogP contribution in [0.4, 0.5) is 0 Å². The van der Waals surface area contributed by atoms with E-state index in [4.69, 9.17) is 5.73 Å². The number of piperidine rings is 1. The number of carbonyl (C=O) groups is 1. The molecule has 1 aromatic heterocycles. The summed E-state index contributed by atoms with van der Waals surface area (Å²) in [6, 6.07) is 0.230. The van der Waals surface area contributed by atoms with Crippen LogP contribution in [0.5, 0.6) is 0 Å². The molecule has 5 nitrogen and oxygen atoms in total. The minimum atomic E-state index is 0.174. The Morgan fingerprint density at radius 3 is 3.06 bits per heavy atom. The fourth-order valence-corrected chi connectivity index (χ4v) is 2.41. The first kappa shape index (κ1) is 12.1. The Balaban J connectivity index is 1.98. The monoisotopic (exact) mass is 236 g/mol. The van der Waals surface area contributed by atoms with Crippen LogP contribution in [-0.4, -0.2) is 39.7 Å². The van der Waals surface area contributed by atoms with Gasteiger partial charge in [0, 0.05) is 32.4 Å². The van der Waals surface area contributed by atoms with Crippen LogP contribution in [-0.2, 0) is 18.3 Å². The van der Waals surface area contributed by atoms with E-state index in [2.05, 4.69) is 5.10 Å². The van der Waals surface area contributed by atoms with Crippen LogP contribution in [0, 0.1) is 0 Å². The molecular weight excluding hydrogens is 216 g/mol. The maximum atomic E-state index is 12.2. The molecule has 1 amide bonds. The highest BCUT2D eigenvalue weighted by Gasteiger charge is 2.25. The van der Waals surface area contributed by atoms with E-state index in [1.807, 2.05) is 18.1 Å². The van der Waals surface area contributed by atoms with E-state index in [1.165, 1.54) is 6.42 Å². The van der Waals surface area contributed by atoms with Crippen molar-refractivity contribution in [2.45, 2.75) is 31.7 Å². The minimum Gasteiger partial charge on any atom is -0.338 e. The Kier molecular flexibility index (Phi) is 3.78. The van der Waals surface area contributed by atoms with Gasteiger partial charge in [-0.2, -0.15) is 5.10 Å². The molecule has 94 valence electrons. The van der Waals surface area contributed by atoms with Gasteiger partial charge in [-0.25, -0.2) is 0 Å². The molecule has 2 N–H and O–H groups in total. The molecule has 5 heteroatoms. The van der Waals surface area contributed by atoms with Gasteiger partial charge in [0.2, 0.25) is 5.91 Å². The number of nitrogens with zero attached hydrogens (tertiary/aromatic N) is 3. The van der Waals surface area contributed by atoms with Gasteiger partial charge in [0.1, 0.15) is 0 Å². The molecule has 2 heterocycles. The molecule has 1 fully saturated rings. The number of nitrogens with two attached hydrogens (primary N) is 1. The van der Waals surface area contributed by atoms with E-state index < -0.39 is 0 Å². The Labute approximate surface area is 102 Å². The maximum absolute atomic E-state index is 12.2. The molecule has 1 saturated heterocycles. The van der Waals surface area contributed by atoms with Crippen molar-refractivity contribution in [2.75, 3.05) is 13.1 Å². The molecule has 1 aliphatic rings. The highest BCUT2D eigenvalue weighted by molar-refractivity contribution is 5.79. The second kappa shape index (κ2) is 5.31. The summed E-state index contributed by atoms with van der Waals surface area (Å²) in [5.74, 6) is 0.174. The highest BCUT2D eigenvalue weighted by atomic mass is 16.2. The summed E-state index contributed by atoms with van der Waals surface area (Å²) in [5, 5.41) is 4.08. The zero-order chi connectivity index (χ0) is 12.3. The minimum absolute atomic E-state index is 0.174. The predicted molar refractivity (Wildman–Crippen MR) is 65.3 cm³/mol. The van der Waals surface area contributed by atoms with Gasteiger partial charge in [-0.05, 0) is 24.8 Å². The SMILES string of the molecule is Cn1cc(CC(=O)N2CCCCC2CN)cn1. The van der Waals surface area contributed by atoms with Crippen LogP contribution in [0.25, 0.3) is 0 Å². The van der Waals surface area contributed by atoms with Crippen LogP contribution >= 0.6 is 0 Å². The van der Waals surface area contributed by atoms with Crippen molar-refractivity contribution < 1.29 is 4.79 Å². The summed E-state index contributed by atoms with van der Waals surface area (Å²) in [7, 11) is 1.86. The van der Waals surface area contributed by atoms with E-state index >= 15 is 0 Å². The number of likely N-dealkylation sites (tertiary alicyclic amines) is 1. The predicted octanol–water partition coefficient (Wildman–Crippen LogP) is 0.302. The number of hydrogen-bond acceptors (Lipinski definition) is 3. The van der Waals surface area contributed by atoms with Gasteiger partial charge in [0.15, 0.2) is 0 Å². The van der Waals surface area contributed by atoms with Crippen molar-refractivity contribution in [3.8, 4) is 0 Å². The van der Waals surface area contributed by atoms with Gasteiger partial charge in [-0.15, -0.1) is 0 Å². The van der Waals surface area contributed by atoms with Crippen molar-refractivity contribution >= 4 is 5.91 Å². The topological polar surface area (TPSA) is 64.2 Å². The largest absolute Gasteiger partial charge is 0.338 e. The molecule has 1 aromatic rings. The fourth-order valence-electron chi connectivity index (χ4n) is 2.41. The number of aryl methyl sites for hydroxylation is 1. The number of amides is 1. The van der Waals surface area contributed by atoms with Gasteiger partial charge in [0.05, 0.1) is 12.6 Å². The van der Waals surface area contributed by atoms with Gasteiger partial charge >= 0.3 is 0 Å². The Morgan fingerprint density at radius 1 is 1.59 bits per heavy atom. The molecule has 17 heavy (non-hydrogen) atoms. The van der Waals surface area contributed by atoms with E-state index in [9.17, 15) is 4.79 Å². The van der Waals surface area contributed by atoms with Crippen molar-refractivity contribution in [3.05, 3.63) is 18.0 Å². The van der Waals surface area contributed by atoms with Gasteiger partial charge in [-0.1, -0.05) is 0 Å². The van der Waals surface area contributed by atoms with Crippen molar-refractivity contribution in [2.24, 2.45) is 12.8 Å². The molecule has 0 bridgehead atoms. The van der Waals surface area contributed by atoms with Gasteiger partial charge in [-0.3, -0.25) is 9.48 Å². The zero-order valence-corrected chi connectivity index (χ0v) is 10.3. The van der Waals surface area contributed by atoms with Gasteiger partial charge in [0.25, 0.3) is 0 Å². The molecule has 2 rings (SSSR count). The second-order valence-corrected chi connectivity index (χ2v) is 4.67. The van der Waals surface area contributed by atoms with E-state index in [-0.39, 0.29) is 11.9 Å². The van der Waals surface area contributed by atoms with Crippen molar-refractivity contribution in [3.63, 3.8) is 0 Å². The third-order valence-electron chi connectivity index (χ3n) is 3.33. The molecule has 1 atom stereocenters. The van der Waals surface area contributed by atoms with Crippen LogP contribution in [0.3, 0.4) is 0 Å². The molecule has 1 unspecified atom stereocenters. The Bertz CT molecular complexity index is 388. The first-order valence-electron chi connectivity index (χ1n) is 6.17. The number of hydrogen-bond donors (Lipinski definition) is 1. The van der Waals surface area contributed by atoms with Crippen molar-refractivity contribution in [1.82, 2.24) is 14.7 Å². The lowest BCUT2D eigenvalue weighted by Gasteiger charge is -2.35. The first-order chi connectivity index (χ1) is 8.20. The molecule has 0 aromatic carbocycles. The summed E-state index contributed by atoms with van der Waals surface area (Å²) in [4.78, 5) is 14.1. The van der Waals surface area contributed by atoms with Crippen molar-refractivity contribution in [1.29, 1.82) is 0 Å².